The molecule has 6 nitrogen and oxygen atoms in total. The number of carbonyl (C=O) groups excluding carboxylic acids is 1. The number of carboxylic acid groups (broad SMARTS) is 1. The molecule has 0 unspecified atom stereocenters. The van der Waals surface area contributed by atoms with Crippen LogP contribution in [0.2, 0.25) is 0 Å². The van der Waals surface area contributed by atoms with Gasteiger partial charge in [-0.2, -0.15) is 0 Å². The highest BCUT2D eigenvalue weighted by molar-refractivity contribution is 5.97. The van der Waals surface area contributed by atoms with Crippen LogP contribution in [0.4, 0.5) is 0 Å². The van der Waals surface area contributed by atoms with Crippen molar-refractivity contribution in [2.24, 2.45) is 0 Å². The number of nitrogens with zero attached hydrogens (tertiary/aromatic N) is 3. The van der Waals surface area contributed by atoms with Crippen molar-refractivity contribution in [3.63, 3.8) is 0 Å². The van der Waals surface area contributed by atoms with Gasteiger partial charge in [0.25, 0.3) is 5.91 Å². The summed E-state index contributed by atoms with van der Waals surface area (Å²) in [5.41, 5.74) is 2.16. The Kier molecular flexibility index (Phi) is 5.16. The number of pyridine rings is 1. The number of rotatable bonds is 6. The van der Waals surface area contributed by atoms with Crippen LogP contribution in [-0.4, -0.2) is 44.5 Å². The van der Waals surface area contributed by atoms with Crippen molar-refractivity contribution in [1.82, 2.24) is 14.5 Å². The van der Waals surface area contributed by atoms with Gasteiger partial charge in [-0.3, -0.25) is 9.59 Å². The number of hydrogen-bond acceptors (Lipinski definition) is 3. The fourth-order valence-corrected chi connectivity index (χ4v) is 2.67. The number of aliphatic carboxylic acids is 1. The first-order chi connectivity index (χ1) is 11.0. The molecule has 2 heterocycles. The van der Waals surface area contributed by atoms with Crippen LogP contribution in [0.5, 0.6) is 0 Å². The normalized spacial score (nSPS) is 10.6. The van der Waals surface area contributed by atoms with Crippen LogP contribution in [0.15, 0.2) is 30.5 Å². The number of amides is 1. The van der Waals surface area contributed by atoms with Crippen LogP contribution in [0.1, 0.15) is 35.1 Å². The zero-order valence-electron chi connectivity index (χ0n) is 13.6. The van der Waals surface area contributed by atoms with Crippen LogP contribution in [0.3, 0.4) is 0 Å². The van der Waals surface area contributed by atoms with Gasteiger partial charge in [0.2, 0.25) is 0 Å². The molecular weight excluding hydrogens is 294 g/mol. The van der Waals surface area contributed by atoms with E-state index in [2.05, 4.69) is 4.98 Å². The zero-order chi connectivity index (χ0) is 17.0. The summed E-state index contributed by atoms with van der Waals surface area (Å²) in [6.45, 7) is 5.79. The number of hydrogen-bond donors (Lipinski definition) is 1. The van der Waals surface area contributed by atoms with E-state index in [1.54, 1.807) is 12.3 Å². The molecule has 2 rings (SSSR count). The van der Waals surface area contributed by atoms with E-state index in [1.807, 2.05) is 43.5 Å². The third-order valence-electron chi connectivity index (χ3n) is 3.65. The van der Waals surface area contributed by atoms with Crippen LogP contribution in [0.25, 0.3) is 5.82 Å². The van der Waals surface area contributed by atoms with Crippen molar-refractivity contribution >= 4 is 11.9 Å². The highest BCUT2D eigenvalue weighted by Crippen LogP contribution is 2.21. The van der Waals surface area contributed by atoms with Crippen molar-refractivity contribution in [3.05, 3.63) is 47.4 Å². The minimum absolute atomic E-state index is 0.260. The van der Waals surface area contributed by atoms with Crippen LogP contribution in [-0.2, 0) is 4.79 Å². The Labute approximate surface area is 135 Å². The Morgan fingerprint density at radius 3 is 2.61 bits per heavy atom. The molecule has 23 heavy (non-hydrogen) atoms. The quantitative estimate of drug-likeness (QED) is 0.888. The Balaban J connectivity index is 2.40. The maximum absolute atomic E-state index is 12.7. The van der Waals surface area contributed by atoms with Crippen LogP contribution in [0, 0.1) is 13.8 Å². The van der Waals surface area contributed by atoms with E-state index in [9.17, 15) is 9.59 Å². The summed E-state index contributed by atoms with van der Waals surface area (Å²) in [5.74, 6) is -0.531. The van der Waals surface area contributed by atoms with Gasteiger partial charge in [0.1, 0.15) is 12.4 Å². The molecule has 0 aliphatic carbocycles. The SMILES string of the molecule is CCCN(CC(=O)O)C(=O)c1cc(C)n(-c2ccccn2)c1C. The van der Waals surface area contributed by atoms with E-state index >= 15 is 0 Å². The topological polar surface area (TPSA) is 75.4 Å². The average molecular weight is 315 g/mol. The number of aryl methyl sites for hydroxylation is 1. The molecule has 1 amide bonds. The fourth-order valence-electron chi connectivity index (χ4n) is 2.67. The maximum atomic E-state index is 12.7. The van der Waals surface area contributed by atoms with Gasteiger partial charge >= 0.3 is 5.97 Å². The monoisotopic (exact) mass is 315 g/mol. The molecule has 2 aromatic rings. The molecule has 0 saturated heterocycles. The smallest absolute Gasteiger partial charge is 0.323 e. The Morgan fingerprint density at radius 1 is 1.30 bits per heavy atom. The molecule has 2 aromatic heterocycles. The van der Waals surface area contributed by atoms with E-state index < -0.39 is 5.97 Å². The number of carbonyl (C=O) groups is 2. The van der Waals surface area contributed by atoms with Crippen molar-refractivity contribution in [1.29, 1.82) is 0 Å². The fraction of sp³-hybridized carbons (Fsp3) is 0.353. The molecule has 0 aliphatic heterocycles. The molecule has 122 valence electrons. The summed E-state index contributed by atoms with van der Waals surface area (Å²) in [6.07, 6.45) is 2.40. The van der Waals surface area contributed by atoms with Gasteiger partial charge in [-0.05, 0) is 38.5 Å². The Morgan fingerprint density at radius 2 is 2.04 bits per heavy atom. The van der Waals surface area contributed by atoms with Gasteiger partial charge in [-0.25, -0.2) is 4.98 Å². The molecule has 0 fully saturated rings. The summed E-state index contributed by atoms with van der Waals surface area (Å²) in [7, 11) is 0. The van der Waals surface area contributed by atoms with Crippen molar-refractivity contribution < 1.29 is 14.7 Å². The van der Waals surface area contributed by atoms with E-state index in [0.29, 0.717) is 18.5 Å². The van der Waals surface area contributed by atoms with Crippen LogP contribution < -0.4 is 0 Å². The third-order valence-corrected chi connectivity index (χ3v) is 3.65. The van der Waals surface area contributed by atoms with Crippen molar-refractivity contribution in [2.75, 3.05) is 13.1 Å². The van der Waals surface area contributed by atoms with Crippen molar-refractivity contribution in [3.8, 4) is 5.82 Å². The zero-order valence-corrected chi connectivity index (χ0v) is 13.6. The third kappa shape index (κ3) is 3.59. The predicted octanol–water partition coefficient (Wildman–Crippen LogP) is 2.43. The first-order valence-electron chi connectivity index (χ1n) is 7.57. The van der Waals surface area contributed by atoms with Crippen LogP contribution >= 0.6 is 0 Å². The largest absolute Gasteiger partial charge is 0.480 e. The van der Waals surface area contributed by atoms with Gasteiger partial charge in [-0.1, -0.05) is 13.0 Å². The highest BCUT2D eigenvalue weighted by Gasteiger charge is 2.23. The minimum Gasteiger partial charge on any atom is -0.480 e. The summed E-state index contributed by atoms with van der Waals surface area (Å²) < 4.78 is 1.90. The van der Waals surface area contributed by atoms with Crippen molar-refractivity contribution in [2.45, 2.75) is 27.2 Å². The summed E-state index contributed by atoms with van der Waals surface area (Å²) in [4.78, 5) is 29.4. The Hall–Kier alpha value is -2.63. The molecule has 0 atom stereocenters. The Bertz CT molecular complexity index is 707. The molecule has 0 spiro atoms. The summed E-state index contributed by atoms with van der Waals surface area (Å²) >= 11 is 0. The predicted molar refractivity (Wildman–Crippen MR) is 86.9 cm³/mol. The lowest BCUT2D eigenvalue weighted by Crippen LogP contribution is -2.36. The number of aromatic nitrogens is 2. The summed E-state index contributed by atoms with van der Waals surface area (Å²) in [5, 5.41) is 9.00. The van der Waals surface area contributed by atoms with Gasteiger partial charge in [0, 0.05) is 24.1 Å². The second-order valence-electron chi connectivity index (χ2n) is 5.43. The van der Waals surface area contributed by atoms with E-state index in [-0.39, 0.29) is 12.5 Å². The van der Waals surface area contributed by atoms with Gasteiger partial charge in [0.15, 0.2) is 0 Å². The minimum atomic E-state index is -1.01. The molecule has 6 heteroatoms. The van der Waals surface area contributed by atoms with Gasteiger partial charge < -0.3 is 14.6 Å². The first-order valence-corrected chi connectivity index (χ1v) is 7.57. The first kappa shape index (κ1) is 16.7. The molecule has 0 aliphatic rings. The second-order valence-corrected chi connectivity index (χ2v) is 5.43. The molecule has 1 N–H and O–H groups in total. The lowest BCUT2D eigenvalue weighted by molar-refractivity contribution is -0.137. The van der Waals surface area contributed by atoms with E-state index in [0.717, 1.165) is 17.2 Å². The molecule has 0 saturated carbocycles. The summed E-state index contributed by atoms with van der Waals surface area (Å²) in [6, 6.07) is 7.38. The lowest BCUT2D eigenvalue weighted by atomic mass is 10.2. The molecule has 0 aromatic carbocycles. The lowest BCUT2D eigenvalue weighted by Gasteiger charge is -2.20. The van der Waals surface area contributed by atoms with Gasteiger partial charge in [-0.15, -0.1) is 0 Å². The average Bonchev–Trinajstić information content (AvgIpc) is 2.81. The maximum Gasteiger partial charge on any atom is 0.323 e. The number of carboxylic acids is 1. The van der Waals surface area contributed by atoms with E-state index in [4.69, 9.17) is 5.11 Å². The molecule has 0 radical (unpaired) electrons. The van der Waals surface area contributed by atoms with E-state index in [1.165, 1.54) is 4.90 Å². The highest BCUT2D eigenvalue weighted by atomic mass is 16.4. The molecule has 0 bridgehead atoms. The second kappa shape index (κ2) is 7.09. The standard InChI is InChI=1S/C17H21N3O3/c1-4-9-19(11-16(21)22)17(23)14-10-12(2)20(13(14)3)15-7-5-6-8-18-15/h5-8,10H,4,9,11H2,1-3H3,(H,21,22). The molecular formula is C17H21N3O3. The van der Waals surface area contributed by atoms with Gasteiger partial charge in [0.05, 0.1) is 5.56 Å².